The first-order chi connectivity index (χ1) is 13.9. The molecular weight excluding hydrogens is 390 g/mol. The van der Waals surface area contributed by atoms with Crippen LogP contribution in [0.25, 0.3) is 10.9 Å². The molecule has 0 saturated carbocycles. The van der Waals surface area contributed by atoms with Crippen molar-refractivity contribution in [3.63, 3.8) is 0 Å². The molecule has 0 radical (unpaired) electrons. The third kappa shape index (κ3) is 4.49. The minimum absolute atomic E-state index is 0.197. The van der Waals surface area contributed by atoms with Gasteiger partial charge in [0.1, 0.15) is 17.2 Å². The summed E-state index contributed by atoms with van der Waals surface area (Å²) in [4.78, 5) is 16.8. The molecule has 0 aliphatic carbocycles. The number of fused-ring (bicyclic) bond motifs is 1. The van der Waals surface area contributed by atoms with Crippen LogP contribution in [0.3, 0.4) is 0 Å². The number of aromatic nitrogens is 1. The van der Waals surface area contributed by atoms with Gasteiger partial charge in [0.15, 0.2) is 0 Å². The molecule has 8 heteroatoms. The van der Waals surface area contributed by atoms with Gasteiger partial charge < -0.3 is 10.1 Å². The topological polar surface area (TPSA) is 115 Å². The third-order valence-electron chi connectivity index (χ3n) is 4.71. The number of rotatable bonds is 4. The van der Waals surface area contributed by atoms with Crippen molar-refractivity contribution in [2.45, 2.75) is 12.5 Å². The molecule has 1 aliphatic rings. The average Bonchev–Trinajstić information content (AvgIpc) is 3.06. The molecule has 1 amide bonds. The predicted molar refractivity (Wildman–Crippen MR) is 111 cm³/mol. The van der Waals surface area contributed by atoms with E-state index in [1.807, 2.05) is 6.07 Å². The van der Waals surface area contributed by atoms with Crippen LogP contribution in [0, 0.1) is 11.3 Å². The van der Waals surface area contributed by atoms with Crippen LogP contribution in [0.1, 0.15) is 22.5 Å². The second-order valence-electron chi connectivity index (χ2n) is 6.92. The highest BCUT2D eigenvalue weighted by Crippen LogP contribution is 2.45. The molecule has 4 rings (SSSR count). The molecule has 1 aromatic heterocycles. The molecule has 1 atom stereocenters. The Hall–Kier alpha value is -3.12. The lowest BCUT2D eigenvalue weighted by Gasteiger charge is -2.25. The Balaban J connectivity index is 1.48. The zero-order valence-electron chi connectivity index (χ0n) is 15.4. The maximum Gasteiger partial charge on any atom is 0.270 e. The zero-order valence-corrected chi connectivity index (χ0v) is 16.2. The van der Waals surface area contributed by atoms with E-state index in [0.29, 0.717) is 34.8 Å². The van der Waals surface area contributed by atoms with E-state index in [2.05, 4.69) is 16.4 Å². The minimum Gasteiger partial charge on any atom is -0.457 e. The molecule has 3 aromatic rings. The SMILES string of the molecule is N#Cc1ccc(Oc2ccc3nc(C(=O)N[C@H]4CCS(O)(O)C4)ccc3c2)cc1. The van der Waals surface area contributed by atoms with E-state index in [9.17, 15) is 13.9 Å². The fourth-order valence-electron chi connectivity index (χ4n) is 3.22. The normalized spacial score (nSPS) is 18.7. The fourth-order valence-corrected chi connectivity index (χ4v) is 4.94. The van der Waals surface area contributed by atoms with Gasteiger partial charge in [-0.25, -0.2) is 4.98 Å². The number of nitriles is 1. The maximum absolute atomic E-state index is 12.4. The minimum atomic E-state index is -2.56. The first-order valence-electron chi connectivity index (χ1n) is 9.05. The molecule has 1 fully saturated rings. The summed E-state index contributed by atoms with van der Waals surface area (Å²) in [6.45, 7) is 0. The lowest BCUT2D eigenvalue weighted by molar-refractivity contribution is 0.0936. The van der Waals surface area contributed by atoms with Crippen LogP contribution in [-0.4, -0.2) is 37.5 Å². The second kappa shape index (κ2) is 7.72. The monoisotopic (exact) mass is 409 g/mol. The van der Waals surface area contributed by atoms with Gasteiger partial charge in [0.25, 0.3) is 5.91 Å². The van der Waals surface area contributed by atoms with Crippen molar-refractivity contribution in [3.05, 3.63) is 65.9 Å². The Kier molecular flexibility index (Phi) is 5.11. The smallest absolute Gasteiger partial charge is 0.270 e. The van der Waals surface area contributed by atoms with E-state index in [4.69, 9.17) is 10.00 Å². The number of ether oxygens (including phenoxy) is 1. The number of nitrogens with one attached hydrogen (secondary N) is 1. The van der Waals surface area contributed by atoms with Crippen LogP contribution < -0.4 is 10.1 Å². The Bertz CT molecular complexity index is 1110. The zero-order chi connectivity index (χ0) is 20.4. The van der Waals surface area contributed by atoms with Gasteiger partial charge in [-0.15, -0.1) is 0 Å². The van der Waals surface area contributed by atoms with E-state index < -0.39 is 10.6 Å². The molecule has 0 unspecified atom stereocenters. The summed E-state index contributed by atoms with van der Waals surface area (Å²) in [6.07, 6.45) is 0.553. The van der Waals surface area contributed by atoms with Crippen LogP contribution in [0.15, 0.2) is 54.6 Å². The van der Waals surface area contributed by atoms with Crippen molar-refractivity contribution < 1.29 is 18.6 Å². The quantitative estimate of drug-likeness (QED) is 0.596. The number of amides is 1. The molecule has 1 aliphatic heterocycles. The molecule has 148 valence electrons. The first kappa shape index (κ1) is 19.2. The Labute approximate surface area is 169 Å². The molecule has 0 spiro atoms. The van der Waals surface area contributed by atoms with Crippen molar-refractivity contribution in [2.24, 2.45) is 0 Å². The third-order valence-corrected chi connectivity index (χ3v) is 6.53. The average molecular weight is 409 g/mol. The van der Waals surface area contributed by atoms with Gasteiger partial charge in [0, 0.05) is 17.2 Å². The van der Waals surface area contributed by atoms with Gasteiger partial charge in [-0.1, -0.05) is 6.07 Å². The number of nitrogens with zero attached hydrogens (tertiary/aromatic N) is 2. The van der Waals surface area contributed by atoms with Crippen LogP contribution >= 0.6 is 10.6 Å². The Morgan fingerprint density at radius 3 is 2.59 bits per heavy atom. The number of pyridine rings is 1. The summed E-state index contributed by atoms with van der Waals surface area (Å²) >= 11 is 0. The maximum atomic E-state index is 12.4. The molecular formula is C21H19N3O4S. The van der Waals surface area contributed by atoms with Crippen molar-refractivity contribution in [1.29, 1.82) is 5.26 Å². The van der Waals surface area contributed by atoms with Gasteiger partial charge in [-0.05, 0) is 55.0 Å². The largest absolute Gasteiger partial charge is 0.457 e. The molecule has 3 N–H and O–H groups in total. The van der Waals surface area contributed by atoms with E-state index in [0.717, 1.165) is 5.39 Å². The number of hydrogen-bond donors (Lipinski definition) is 3. The number of benzene rings is 2. The van der Waals surface area contributed by atoms with E-state index in [1.54, 1.807) is 48.5 Å². The van der Waals surface area contributed by atoms with E-state index in [-0.39, 0.29) is 23.4 Å². The highest BCUT2D eigenvalue weighted by molar-refractivity contribution is 8.24. The van der Waals surface area contributed by atoms with Crippen molar-refractivity contribution in [2.75, 3.05) is 11.5 Å². The summed E-state index contributed by atoms with van der Waals surface area (Å²) in [5.74, 6) is 1.44. The van der Waals surface area contributed by atoms with Crippen LogP contribution in [-0.2, 0) is 0 Å². The summed E-state index contributed by atoms with van der Waals surface area (Å²) in [5.41, 5.74) is 1.50. The van der Waals surface area contributed by atoms with Gasteiger partial charge in [0.05, 0.1) is 22.9 Å². The number of carbonyl (C=O) groups is 1. The van der Waals surface area contributed by atoms with E-state index >= 15 is 0 Å². The highest BCUT2D eigenvalue weighted by Gasteiger charge is 2.29. The second-order valence-corrected chi connectivity index (χ2v) is 9.27. The lowest BCUT2D eigenvalue weighted by Crippen LogP contribution is -2.35. The Morgan fingerprint density at radius 1 is 1.14 bits per heavy atom. The molecule has 1 saturated heterocycles. The van der Waals surface area contributed by atoms with Crippen molar-refractivity contribution in [3.8, 4) is 17.6 Å². The van der Waals surface area contributed by atoms with E-state index in [1.165, 1.54) is 0 Å². The van der Waals surface area contributed by atoms with Crippen LogP contribution in [0.4, 0.5) is 0 Å². The highest BCUT2D eigenvalue weighted by atomic mass is 32.3. The lowest BCUT2D eigenvalue weighted by atomic mass is 10.1. The van der Waals surface area contributed by atoms with Crippen molar-refractivity contribution >= 4 is 27.4 Å². The van der Waals surface area contributed by atoms with Gasteiger partial charge in [-0.2, -0.15) is 15.9 Å². The molecule has 29 heavy (non-hydrogen) atoms. The summed E-state index contributed by atoms with van der Waals surface area (Å²) in [5, 5.41) is 12.5. The molecule has 0 bridgehead atoms. The number of carbonyl (C=O) groups excluding carboxylic acids is 1. The summed E-state index contributed by atoms with van der Waals surface area (Å²) in [7, 11) is -2.56. The van der Waals surface area contributed by atoms with Crippen LogP contribution in [0.5, 0.6) is 11.5 Å². The molecule has 2 aromatic carbocycles. The summed E-state index contributed by atoms with van der Waals surface area (Å²) in [6, 6.07) is 17.5. The standard InChI is InChI=1S/C21H19N3O4S/c22-12-14-1-4-17(5-2-14)28-18-6-8-19-15(11-18)3-7-20(24-19)21(25)23-16-9-10-29(26,27)13-16/h1-8,11,16,26-27H,9-10,13H2,(H,23,25)/t16-/m0/s1. The van der Waals surface area contributed by atoms with Gasteiger partial charge in [0.2, 0.25) is 0 Å². The fraction of sp³-hybridized carbons (Fsp3) is 0.190. The van der Waals surface area contributed by atoms with Gasteiger partial charge in [-0.3, -0.25) is 13.9 Å². The Morgan fingerprint density at radius 2 is 1.90 bits per heavy atom. The van der Waals surface area contributed by atoms with Crippen molar-refractivity contribution in [1.82, 2.24) is 10.3 Å². The molecule has 2 heterocycles. The van der Waals surface area contributed by atoms with Crippen LogP contribution in [0.2, 0.25) is 0 Å². The number of hydrogen-bond acceptors (Lipinski definition) is 6. The molecule has 7 nitrogen and oxygen atoms in total. The first-order valence-corrected chi connectivity index (χ1v) is 10.9. The van der Waals surface area contributed by atoms with Gasteiger partial charge >= 0.3 is 0 Å². The summed E-state index contributed by atoms with van der Waals surface area (Å²) < 4.78 is 25.2. The predicted octanol–water partition coefficient (Wildman–Crippen LogP) is 4.15.